The van der Waals surface area contributed by atoms with Crippen LogP contribution in [0.1, 0.15) is 23.2 Å². The van der Waals surface area contributed by atoms with Crippen LogP contribution in [0.5, 0.6) is 5.75 Å². The van der Waals surface area contributed by atoms with E-state index < -0.39 is 0 Å². The molecule has 1 saturated heterocycles. The van der Waals surface area contributed by atoms with E-state index in [0.29, 0.717) is 18.8 Å². The first-order chi connectivity index (χ1) is 11.8. The first-order valence-corrected chi connectivity index (χ1v) is 8.31. The number of piperidine rings is 1. The standard InChI is InChI=1S/C19H22N2O3/c22-19(16-5-4-10-20-15-16)21-11-8-18(9-12-21)24-14-13-23-17-6-2-1-3-7-17/h1-7,10,15,18H,8-9,11-14H2. The molecule has 0 unspecified atom stereocenters. The van der Waals surface area contributed by atoms with Crippen molar-refractivity contribution in [1.82, 2.24) is 9.88 Å². The Morgan fingerprint density at radius 2 is 1.88 bits per heavy atom. The molecule has 2 aromatic rings. The van der Waals surface area contributed by atoms with Gasteiger partial charge in [-0.15, -0.1) is 0 Å². The van der Waals surface area contributed by atoms with Crippen molar-refractivity contribution in [2.24, 2.45) is 0 Å². The molecule has 1 aromatic heterocycles. The van der Waals surface area contributed by atoms with E-state index in [1.165, 1.54) is 0 Å². The Morgan fingerprint density at radius 1 is 1.08 bits per heavy atom. The number of hydrogen-bond acceptors (Lipinski definition) is 4. The van der Waals surface area contributed by atoms with E-state index in [2.05, 4.69) is 4.98 Å². The second-order valence-corrected chi connectivity index (χ2v) is 5.77. The number of benzene rings is 1. The van der Waals surface area contributed by atoms with Gasteiger partial charge in [-0.1, -0.05) is 18.2 Å². The largest absolute Gasteiger partial charge is 0.491 e. The van der Waals surface area contributed by atoms with Crippen molar-refractivity contribution in [3.05, 3.63) is 60.4 Å². The number of amides is 1. The monoisotopic (exact) mass is 326 g/mol. The van der Waals surface area contributed by atoms with Crippen LogP contribution in [0.25, 0.3) is 0 Å². The Labute approximate surface area is 142 Å². The SMILES string of the molecule is O=C(c1cccnc1)N1CCC(OCCOc2ccccc2)CC1. The number of ether oxygens (including phenoxy) is 2. The predicted octanol–water partition coefficient (Wildman–Crippen LogP) is 2.78. The van der Waals surface area contributed by atoms with Crippen molar-refractivity contribution in [2.75, 3.05) is 26.3 Å². The first kappa shape index (κ1) is 16.5. The Kier molecular flexibility index (Phi) is 5.80. The summed E-state index contributed by atoms with van der Waals surface area (Å²) in [6, 6.07) is 13.3. The van der Waals surface area contributed by atoms with E-state index in [1.54, 1.807) is 24.5 Å². The molecule has 24 heavy (non-hydrogen) atoms. The maximum Gasteiger partial charge on any atom is 0.255 e. The zero-order chi connectivity index (χ0) is 16.6. The molecule has 0 spiro atoms. The van der Waals surface area contributed by atoms with Crippen LogP contribution in [0.3, 0.4) is 0 Å². The molecule has 2 heterocycles. The van der Waals surface area contributed by atoms with Gasteiger partial charge in [0.05, 0.1) is 18.3 Å². The van der Waals surface area contributed by atoms with E-state index in [-0.39, 0.29) is 12.0 Å². The molecule has 0 N–H and O–H groups in total. The lowest BCUT2D eigenvalue weighted by Gasteiger charge is -2.32. The van der Waals surface area contributed by atoms with E-state index >= 15 is 0 Å². The Hall–Kier alpha value is -2.40. The number of carbonyl (C=O) groups excluding carboxylic acids is 1. The third-order valence-corrected chi connectivity index (χ3v) is 4.09. The van der Waals surface area contributed by atoms with Crippen LogP contribution in [0.2, 0.25) is 0 Å². The smallest absolute Gasteiger partial charge is 0.255 e. The molecule has 1 aliphatic rings. The van der Waals surface area contributed by atoms with Crippen LogP contribution in [0, 0.1) is 0 Å². The minimum atomic E-state index is 0.0500. The zero-order valence-corrected chi connectivity index (χ0v) is 13.6. The van der Waals surface area contributed by atoms with Gasteiger partial charge < -0.3 is 14.4 Å². The molecule has 3 rings (SSSR count). The van der Waals surface area contributed by atoms with Gasteiger partial charge in [-0.2, -0.15) is 0 Å². The fourth-order valence-electron chi connectivity index (χ4n) is 2.79. The van der Waals surface area contributed by atoms with E-state index in [9.17, 15) is 4.79 Å². The quantitative estimate of drug-likeness (QED) is 0.766. The third-order valence-electron chi connectivity index (χ3n) is 4.09. The highest BCUT2D eigenvalue weighted by Gasteiger charge is 2.24. The lowest BCUT2D eigenvalue weighted by Crippen LogP contribution is -2.41. The maximum absolute atomic E-state index is 12.3. The number of rotatable bonds is 6. The van der Waals surface area contributed by atoms with Crippen molar-refractivity contribution >= 4 is 5.91 Å². The van der Waals surface area contributed by atoms with Crippen molar-refractivity contribution in [1.29, 1.82) is 0 Å². The Morgan fingerprint density at radius 3 is 2.58 bits per heavy atom. The molecule has 1 aliphatic heterocycles. The first-order valence-electron chi connectivity index (χ1n) is 8.31. The van der Waals surface area contributed by atoms with Gasteiger partial charge in [-0.25, -0.2) is 0 Å². The van der Waals surface area contributed by atoms with Gasteiger partial charge in [0.15, 0.2) is 0 Å². The topological polar surface area (TPSA) is 51.7 Å². The summed E-state index contributed by atoms with van der Waals surface area (Å²) in [4.78, 5) is 18.2. The van der Waals surface area contributed by atoms with Crippen LogP contribution < -0.4 is 4.74 Å². The molecule has 1 fully saturated rings. The van der Waals surface area contributed by atoms with Gasteiger partial charge in [0.2, 0.25) is 0 Å². The van der Waals surface area contributed by atoms with Gasteiger partial charge in [0.1, 0.15) is 12.4 Å². The number of pyridine rings is 1. The molecule has 0 saturated carbocycles. The molecule has 0 radical (unpaired) electrons. The summed E-state index contributed by atoms with van der Waals surface area (Å²) in [5.74, 6) is 0.909. The Bertz CT molecular complexity index is 626. The normalized spacial score (nSPS) is 15.2. The van der Waals surface area contributed by atoms with Crippen LogP contribution in [-0.4, -0.2) is 48.2 Å². The lowest BCUT2D eigenvalue weighted by atomic mass is 10.1. The summed E-state index contributed by atoms with van der Waals surface area (Å²) in [6.45, 7) is 2.55. The molecular formula is C19H22N2O3. The van der Waals surface area contributed by atoms with Crippen molar-refractivity contribution in [2.45, 2.75) is 18.9 Å². The van der Waals surface area contributed by atoms with E-state index in [1.807, 2.05) is 35.2 Å². The Balaban J connectivity index is 1.36. The summed E-state index contributed by atoms with van der Waals surface area (Å²) in [6.07, 6.45) is 5.21. The zero-order valence-electron chi connectivity index (χ0n) is 13.6. The van der Waals surface area contributed by atoms with Crippen molar-refractivity contribution < 1.29 is 14.3 Å². The molecular weight excluding hydrogens is 304 g/mol. The summed E-state index contributed by atoms with van der Waals surface area (Å²) in [5, 5.41) is 0. The molecule has 1 aromatic carbocycles. The maximum atomic E-state index is 12.3. The van der Waals surface area contributed by atoms with Gasteiger partial charge in [-0.05, 0) is 37.1 Å². The molecule has 0 aliphatic carbocycles. The van der Waals surface area contributed by atoms with Crippen molar-refractivity contribution in [3.63, 3.8) is 0 Å². The average molecular weight is 326 g/mol. The van der Waals surface area contributed by atoms with Crippen LogP contribution in [0.15, 0.2) is 54.9 Å². The predicted molar refractivity (Wildman–Crippen MR) is 91.1 cm³/mol. The highest BCUT2D eigenvalue weighted by atomic mass is 16.5. The lowest BCUT2D eigenvalue weighted by molar-refractivity contribution is -0.00239. The molecule has 1 amide bonds. The van der Waals surface area contributed by atoms with Gasteiger partial charge >= 0.3 is 0 Å². The van der Waals surface area contributed by atoms with E-state index in [4.69, 9.17) is 9.47 Å². The number of likely N-dealkylation sites (tertiary alicyclic amines) is 1. The van der Waals surface area contributed by atoms with Crippen LogP contribution in [0.4, 0.5) is 0 Å². The van der Waals surface area contributed by atoms with Gasteiger partial charge in [0.25, 0.3) is 5.91 Å². The van der Waals surface area contributed by atoms with Gasteiger partial charge in [-0.3, -0.25) is 9.78 Å². The fourth-order valence-corrected chi connectivity index (χ4v) is 2.79. The number of aromatic nitrogens is 1. The highest BCUT2D eigenvalue weighted by molar-refractivity contribution is 5.93. The molecule has 0 bridgehead atoms. The fraction of sp³-hybridized carbons (Fsp3) is 0.368. The highest BCUT2D eigenvalue weighted by Crippen LogP contribution is 2.16. The van der Waals surface area contributed by atoms with Gasteiger partial charge in [0, 0.05) is 25.5 Å². The summed E-state index contributed by atoms with van der Waals surface area (Å²) >= 11 is 0. The van der Waals surface area contributed by atoms with Crippen molar-refractivity contribution in [3.8, 4) is 5.75 Å². The molecule has 5 heteroatoms. The molecule has 0 atom stereocenters. The van der Waals surface area contributed by atoms with E-state index in [0.717, 1.165) is 31.7 Å². The number of carbonyl (C=O) groups is 1. The average Bonchev–Trinajstić information content (AvgIpc) is 2.67. The minimum Gasteiger partial charge on any atom is -0.491 e. The minimum absolute atomic E-state index is 0.0500. The molecule has 5 nitrogen and oxygen atoms in total. The summed E-state index contributed by atoms with van der Waals surface area (Å²) in [5.41, 5.74) is 0.646. The number of para-hydroxylation sites is 1. The molecule has 126 valence electrons. The second-order valence-electron chi connectivity index (χ2n) is 5.77. The van der Waals surface area contributed by atoms with Crippen LogP contribution >= 0.6 is 0 Å². The second kappa shape index (κ2) is 8.45. The summed E-state index contributed by atoms with van der Waals surface area (Å²) in [7, 11) is 0. The van der Waals surface area contributed by atoms with Crippen LogP contribution in [-0.2, 0) is 4.74 Å². The number of hydrogen-bond donors (Lipinski definition) is 0. The number of nitrogens with zero attached hydrogens (tertiary/aromatic N) is 2. The third kappa shape index (κ3) is 4.55. The summed E-state index contributed by atoms with van der Waals surface area (Å²) < 4.78 is 11.5.